The molecule has 0 spiro atoms. The summed E-state index contributed by atoms with van der Waals surface area (Å²) in [7, 11) is 1.76. The second-order valence-electron chi connectivity index (χ2n) is 8.91. The highest BCUT2D eigenvalue weighted by Gasteiger charge is 2.36. The lowest BCUT2D eigenvalue weighted by molar-refractivity contribution is -0.120. The Labute approximate surface area is 199 Å². The highest BCUT2D eigenvalue weighted by Crippen LogP contribution is 2.41. The van der Waals surface area contributed by atoms with Crippen LogP contribution in [0, 0.1) is 11.6 Å². The van der Waals surface area contributed by atoms with E-state index in [1.54, 1.807) is 12.0 Å². The van der Waals surface area contributed by atoms with Crippen LogP contribution in [0.1, 0.15) is 62.9 Å². The number of carbonyl (C=O) groups is 1. The molecular formula is C25H26BrF2N3O2. The van der Waals surface area contributed by atoms with Crippen molar-refractivity contribution < 1.29 is 18.3 Å². The van der Waals surface area contributed by atoms with Crippen molar-refractivity contribution in [2.24, 2.45) is 0 Å². The maximum absolute atomic E-state index is 14.1. The number of hydrogen-bond donors (Lipinski definition) is 0. The molecule has 0 N–H and O–H groups in total. The third-order valence-electron chi connectivity index (χ3n) is 6.95. The fraction of sp³-hybridized carbons (Fsp3) is 0.440. The first-order chi connectivity index (χ1) is 16.0. The van der Waals surface area contributed by atoms with Crippen LogP contribution >= 0.6 is 15.9 Å². The molecule has 1 saturated heterocycles. The van der Waals surface area contributed by atoms with Gasteiger partial charge in [0.1, 0.15) is 5.82 Å². The summed E-state index contributed by atoms with van der Waals surface area (Å²) in [4.78, 5) is 19.7. The highest BCUT2D eigenvalue weighted by molar-refractivity contribution is 9.10. The van der Waals surface area contributed by atoms with E-state index in [9.17, 15) is 13.6 Å². The summed E-state index contributed by atoms with van der Waals surface area (Å²) in [5.41, 5.74) is 2.25. The number of nitrogens with zero attached hydrogens (tertiary/aromatic N) is 3. The van der Waals surface area contributed by atoms with Gasteiger partial charge in [-0.2, -0.15) is 0 Å². The van der Waals surface area contributed by atoms with Gasteiger partial charge in [0, 0.05) is 35.8 Å². The number of imidazole rings is 1. The van der Waals surface area contributed by atoms with Gasteiger partial charge in [-0.05, 0) is 68.9 Å². The zero-order valence-electron chi connectivity index (χ0n) is 18.4. The second kappa shape index (κ2) is 9.14. The number of anilines is 1. The quantitative estimate of drug-likeness (QED) is 0.398. The maximum Gasteiger partial charge on any atom is 0.227 e. The molecule has 2 aliphatic rings. The lowest BCUT2D eigenvalue weighted by Gasteiger charge is -2.37. The summed E-state index contributed by atoms with van der Waals surface area (Å²) in [5, 5.41) is 0. The Morgan fingerprint density at radius 2 is 1.82 bits per heavy atom. The molecule has 0 unspecified atom stereocenters. The summed E-state index contributed by atoms with van der Waals surface area (Å²) in [6, 6.07) is 9.61. The number of halogens is 3. The van der Waals surface area contributed by atoms with E-state index in [4.69, 9.17) is 9.72 Å². The fourth-order valence-electron chi connectivity index (χ4n) is 5.32. The van der Waals surface area contributed by atoms with E-state index < -0.39 is 11.6 Å². The van der Waals surface area contributed by atoms with Gasteiger partial charge in [0.2, 0.25) is 5.91 Å². The average molecular weight is 518 g/mol. The monoisotopic (exact) mass is 517 g/mol. The maximum atomic E-state index is 14.1. The molecule has 1 atom stereocenters. The molecule has 0 radical (unpaired) electrons. The Hall–Kier alpha value is -2.32. The van der Waals surface area contributed by atoms with Crippen LogP contribution in [0.4, 0.5) is 14.5 Å². The first-order valence-corrected chi connectivity index (χ1v) is 12.2. The number of hydrogen-bond acceptors (Lipinski definition) is 3. The summed E-state index contributed by atoms with van der Waals surface area (Å²) in [6.45, 7) is 0. The molecule has 2 heterocycles. The van der Waals surface area contributed by atoms with Crippen molar-refractivity contribution in [1.82, 2.24) is 9.55 Å². The Kier molecular flexibility index (Phi) is 6.22. The summed E-state index contributed by atoms with van der Waals surface area (Å²) in [5.74, 6) is -1.17. The fourth-order valence-corrected chi connectivity index (χ4v) is 5.67. The zero-order valence-corrected chi connectivity index (χ0v) is 20.0. The number of methoxy groups -OCH3 is 1. The molecule has 1 aromatic heterocycles. The van der Waals surface area contributed by atoms with Gasteiger partial charge in [0.25, 0.3) is 0 Å². The predicted octanol–water partition coefficient (Wildman–Crippen LogP) is 6.47. The van der Waals surface area contributed by atoms with E-state index in [0.29, 0.717) is 18.5 Å². The average Bonchev–Trinajstić information content (AvgIpc) is 3.19. The smallest absolute Gasteiger partial charge is 0.227 e. The van der Waals surface area contributed by atoms with Gasteiger partial charge in [-0.15, -0.1) is 0 Å². The Bertz CT molecular complexity index is 1190. The highest BCUT2D eigenvalue weighted by atomic mass is 79.9. The SMILES string of the molecule is CO[C@H]1CC[C@H](n2c([C@@H]3CCCC(=O)N3c3ccc(F)c(F)c3)nc3cc(Br)ccc32)CC1. The van der Waals surface area contributed by atoms with Gasteiger partial charge >= 0.3 is 0 Å². The number of aromatic nitrogens is 2. The first kappa shape index (κ1) is 22.5. The van der Waals surface area contributed by atoms with E-state index in [2.05, 4.69) is 26.6 Å². The van der Waals surface area contributed by atoms with Crippen LogP contribution < -0.4 is 4.90 Å². The number of carbonyl (C=O) groups excluding carboxylic acids is 1. The minimum atomic E-state index is -0.958. The van der Waals surface area contributed by atoms with Crippen molar-refractivity contribution in [3.8, 4) is 0 Å². The molecule has 2 fully saturated rings. The number of rotatable bonds is 4. The van der Waals surface area contributed by atoms with E-state index in [0.717, 1.165) is 65.6 Å². The summed E-state index contributed by atoms with van der Waals surface area (Å²) >= 11 is 3.54. The zero-order chi connectivity index (χ0) is 23.1. The third kappa shape index (κ3) is 4.19. The van der Waals surface area contributed by atoms with E-state index >= 15 is 0 Å². The minimum Gasteiger partial charge on any atom is -0.381 e. The van der Waals surface area contributed by atoms with E-state index in [1.165, 1.54) is 6.07 Å². The van der Waals surface area contributed by atoms with Gasteiger partial charge in [0.05, 0.1) is 23.2 Å². The number of benzene rings is 2. The van der Waals surface area contributed by atoms with Crippen molar-refractivity contribution in [1.29, 1.82) is 0 Å². The number of ether oxygens (including phenoxy) is 1. The Morgan fingerprint density at radius 3 is 2.55 bits per heavy atom. The van der Waals surface area contributed by atoms with Gasteiger partial charge in [-0.3, -0.25) is 4.79 Å². The van der Waals surface area contributed by atoms with Crippen LogP contribution in [0.15, 0.2) is 40.9 Å². The van der Waals surface area contributed by atoms with Crippen LogP contribution in [-0.2, 0) is 9.53 Å². The van der Waals surface area contributed by atoms with Crippen LogP contribution in [0.25, 0.3) is 11.0 Å². The van der Waals surface area contributed by atoms with Crippen LogP contribution in [0.2, 0.25) is 0 Å². The molecule has 33 heavy (non-hydrogen) atoms. The van der Waals surface area contributed by atoms with Crippen molar-refractivity contribution in [3.63, 3.8) is 0 Å². The van der Waals surface area contributed by atoms with Gasteiger partial charge in [-0.1, -0.05) is 15.9 Å². The molecule has 1 saturated carbocycles. The van der Waals surface area contributed by atoms with Crippen molar-refractivity contribution in [2.45, 2.75) is 63.1 Å². The van der Waals surface area contributed by atoms with Crippen LogP contribution in [-0.4, -0.2) is 28.7 Å². The molecule has 1 aliphatic carbocycles. The minimum absolute atomic E-state index is 0.0971. The lowest BCUT2D eigenvalue weighted by Crippen LogP contribution is -2.40. The molecule has 1 aliphatic heterocycles. The predicted molar refractivity (Wildman–Crippen MR) is 126 cm³/mol. The molecule has 3 aromatic rings. The first-order valence-electron chi connectivity index (χ1n) is 11.4. The van der Waals surface area contributed by atoms with Gasteiger partial charge < -0.3 is 14.2 Å². The second-order valence-corrected chi connectivity index (χ2v) is 9.83. The standard InChI is InChI=1S/C25H26BrF2N3O2/c1-33-18-9-6-16(7-10-18)31-22-12-5-15(26)13-21(22)29-25(31)23-3-2-4-24(32)30(23)17-8-11-19(27)20(28)14-17/h5,8,11-14,16,18,23H,2-4,6-7,9-10H2,1H3/t16-,18-,23-/m0/s1. The molecule has 174 valence electrons. The molecule has 5 nitrogen and oxygen atoms in total. The van der Waals surface area contributed by atoms with Gasteiger partial charge in [-0.25, -0.2) is 13.8 Å². The molecule has 2 aromatic carbocycles. The van der Waals surface area contributed by atoms with E-state index in [-0.39, 0.29) is 24.1 Å². The largest absolute Gasteiger partial charge is 0.381 e. The molecule has 0 bridgehead atoms. The van der Waals surface area contributed by atoms with Crippen molar-refractivity contribution in [2.75, 3.05) is 12.0 Å². The molecule has 1 amide bonds. The Balaban J connectivity index is 1.62. The number of fused-ring (bicyclic) bond motifs is 1. The molecule has 8 heteroatoms. The van der Waals surface area contributed by atoms with Crippen LogP contribution in [0.5, 0.6) is 0 Å². The van der Waals surface area contributed by atoms with Gasteiger partial charge in [0.15, 0.2) is 11.6 Å². The van der Waals surface area contributed by atoms with E-state index in [1.807, 2.05) is 12.1 Å². The molecule has 5 rings (SSSR count). The Morgan fingerprint density at radius 1 is 1.03 bits per heavy atom. The summed E-state index contributed by atoms with van der Waals surface area (Å²) in [6.07, 6.45) is 5.93. The van der Waals surface area contributed by atoms with Crippen molar-refractivity contribution in [3.05, 3.63) is 58.3 Å². The number of amides is 1. The molecular weight excluding hydrogens is 492 g/mol. The third-order valence-corrected chi connectivity index (χ3v) is 7.44. The van der Waals surface area contributed by atoms with Crippen LogP contribution in [0.3, 0.4) is 0 Å². The normalized spacial score (nSPS) is 23.9. The van der Waals surface area contributed by atoms with Crippen molar-refractivity contribution >= 4 is 38.6 Å². The number of piperidine rings is 1. The summed E-state index contributed by atoms with van der Waals surface area (Å²) < 4.78 is 36.5. The topological polar surface area (TPSA) is 47.4 Å². The lowest BCUT2D eigenvalue weighted by atomic mass is 9.92.